The summed E-state index contributed by atoms with van der Waals surface area (Å²) in [5.41, 5.74) is 1.62. The van der Waals surface area contributed by atoms with Crippen molar-refractivity contribution in [1.82, 2.24) is 0 Å². The predicted octanol–water partition coefficient (Wildman–Crippen LogP) is 3.16. The van der Waals surface area contributed by atoms with E-state index in [4.69, 9.17) is 11.6 Å². The Balaban J connectivity index is 2.91. The molecule has 0 aliphatic heterocycles. The van der Waals surface area contributed by atoms with Crippen LogP contribution in [0.5, 0.6) is 0 Å². The van der Waals surface area contributed by atoms with Crippen LogP contribution in [0.15, 0.2) is 18.2 Å². The molecule has 5 heteroatoms. The highest BCUT2D eigenvalue weighted by atomic mass is 35.5. The lowest BCUT2D eigenvalue weighted by Crippen LogP contribution is -2.32. The molecule has 0 bridgehead atoms. The highest BCUT2D eigenvalue weighted by Crippen LogP contribution is 2.24. The number of halogens is 1. The summed E-state index contributed by atoms with van der Waals surface area (Å²) in [5, 5.41) is 5.52. The Hall–Kier alpha value is -1.55. The second-order valence-corrected chi connectivity index (χ2v) is 5.45. The summed E-state index contributed by atoms with van der Waals surface area (Å²) >= 11 is 5.76. The maximum atomic E-state index is 12.0. The molecule has 1 aromatic carbocycles. The third-order valence-corrected chi connectivity index (χ3v) is 3.42. The summed E-state index contributed by atoms with van der Waals surface area (Å²) in [6, 6.07) is 5.37. The molecule has 0 aromatic heterocycles. The minimum absolute atomic E-state index is 0.146. The monoisotopic (exact) mass is 282 g/mol. The highest BCUT2D eigenvalue weighted by Gasteiger charge is 2.26. The molecule has 19 heavy (non-hydrogen) atoms. The number of nitrogens with one attached hydrogen (secondary N) is 2. The molecular formula is C14H19ClN2O2. The average molecular weight is 283 g/mol. The third kappa shape index (κ3) is 4.24. The van der Waals surface area contributed by atoms with Crippen LogP contribution in [0.25, 0.3) is 0 Å². The zero-order valence-electron chi connectivity index (χ0n) is 11.6. The van der Waals surface area contributed by atoms with Gasteiger partial charge in [-0.15, -0.1) is 11.6 Å². The fourth-order valence-corrected chi connectivity index (χ4v) is 1.51. The lowest BCUT2D eigenvalue weighted by molar-refractivity contribution is -0.123. The molecule has 0 aliphatic rings. The Labute approximate surface area is 118 Å². The van der Waals surface area contributed by atoms with Crippen molar-refractivity contribution >= 4 is 34.8 Å². The summed E-state index contributed by atoms with van der Waals surface area (Å²) in [4.78, 5) is 23.1. The second-order valence-electron chi connectivity index (χ2n) is 5.18. The molecule has 0 fully saturated rings. The van der Waals surface area contributed by atoms with E-state index in [1.807, 2.05) is 13.0 Å². The molecule has 0 aliphatic carbocycles. The van der Waals surface area contributed by atoms with Crippen LogP contribution in [0.2, 0.25) is 0 Å². The zero-order valence-corrected chi connectivity index (χ0v) is 12.4. The van der Waals surface area contributed by atoms with Gasteiger partial charge in [-0.25, -0.2) is 0 Å². The Morgan fingerprint density at radius 2 is 1.89 bits per heavy atom. The van der Waals surface area contributed by atoms with Crippen LogP contribution in [0.1, 0.15) is 26.3 Å². The molecule has 4 nitrogen and oxygen atoms in total. The topological polar surface area (TPSA) is 58.2 Å². The first-order chi connectivity index (χ1) is 8.76. The summed E-state index contributed by atoms with van der Waals surface area (Å²) in [5.74, 6) is -0.0590. The van der Waals surface area contributed by atoms with Gasteiger partial charge in [-0.05, 0) is 38.5 Å². The van der Waals surface area contributed by atoms with Crippen LogP contribution in [-0.4, -0.2) is 17.7 Å². The Kier molecular flexibility index (Phi) is 4.95. The maximum Gasteiger partial charge on any atom is 0.231 e. The minimum Gasteiger partial charge on any atom is -0.326 e. The summed E-state index contributed by atoms with van der Waals surface area (Å²) in [6.07, 6.45) is 0. The summed E-state index contributed by atoms with van der Waals surface area (Å²) in [6.45, 7) is 6.89. The van der Waals surface area contributed by atoms with Gasteiger partial charge < -0.3 is 10.6 Å². The van der Waals surface area contributed by atoms with E-state index in [0.29, 0.717) is 11.4 Å². The molecule has 2 N–H and O–H groups in total. The zero-order chi connectivity index (χ0) is 14.6. The van der Waals surface area contributed by atoms with Gasteiger partial charge in [0.2, 0.25) is 11.8 Å². The number of aryl methyl sites for hydroxylation is 1. The molecule has 2 amide bonds. The van der Waals surface area contributed by atoms with Crippen LogP contribution in [0.3, 0.4) is 0 Å². The van der Waals surface area contributed by atoms with Crippen molar-refractivity contribution in [2.45, 2.75) is 27.7 Å². The molecule has 0 saturated heterocycles. The second kappa shape index (κ2) is 6.06. The SMILES string of the molecule is CC(=O)Nc1cc(NC(=O)C(C)(C)CCl)ccc1C. The van der Waals surface area contributed by atoms with E-state index in [9.17, 15) is 9.59 Å². The molecule has 1 rings (SSSR count). The van der Waals surface area contributed by atoms with Crippen molar-refractivity contribution in [3.05, 3.63) is 23.8 Å². The van der Waals surface area contributed by atoms with Gasteiger partial charge in [0.05, 0.1) is 5.41 Å². The maximum absolute atomic E-state index is 12.0. The Bertz CT molecular complexity index is 498. The van der Waals surface area contributed by atoms with E-state index in [2.05, 4.69) is 10.6 Å². The molecule has 0 atom stereocenters. The normalized spacial score (nSPS) is 11.0. The Morgan fingerprint density at radius 1 is 1.26 bits per heavy atom. The van der Waals surface area contributed by atoms with E-state index in [1.54, 1.807) is 26.0 Å². The van der Waals surface area contributed by atoms with E-state index in [-0.39, 0.29) is 17.7 Å². The number of carbonyl (C=O) groups excluding carboxylic acids is 2. The van der Waals surface area contributed by atoms with E-state index in [1.165, 1.54) is 6.92 Å². The molecule has 104 valence electrons. The molecule has 0 radical (unpaired) electrons. The lowest BCUT2D eigenvalue weighted by atomic mass is 9.95. The lowest BCUT2D eigenvalue weighted by Gasteiger charge is -2.20. The van der Waals surface area contributed by atoms with Gasteiger partial charge in [0, 0.05) is 24.2 Å². The van der Waals surface area contributed by atoms with Crippen molar-refractivity contribution in [2.24, 2.45) is 5.41 Å². The first kappa shape index (κ1) is 15.5. The van der Waals surface area contributed by atoms with Crippen LogP contribution in [-0.2, 0) is 9.59 Å². The fraction of sp³-hybridized carbons (Fsp3) is 0.429. The molecular weight excluding hydrogens is 264 g/mol. The Morgan fingerprint density at radius 3 is 2.42 bits per heavy atom. The van der Waals surface area contributed by atoms with Gasteiger partial charge in [0.1, 0.15) is 0 Å². The van der Waals surface area contributed by atoms with Crippen molar-refractivity contribution in [3.63, 3.8) is 0 Å². The summed E-state index contributed by atoms with van der Waals surface area (Å²) < 4.78 is 0. The van der Waals surface area contributed by atoms with Gasteiger partial charge >= 0.3 is 0 Å². The standard InChI is InChI=1S/C14H19ClN2O2/c1-9-5-6-11(7-12(9)16-10(2)18)17-13(19)14(3,4)8-15/h5-7H,8H2,1-4H3,(H,16,18)(H,17,19). The van der Waals surface area contributed by atoms with Gasteiger partial charge in [-0.3, -0.25) is 9.59 Å². The first-order valence-corrected chi connectivity index (χ1v) is 6.55. The van der Waals surface area contributed by atoms with Gasteiger partial charge in [0.25, 0.3) is 0 Å². The number of carbonyl (C=O) groups is 2. The van der Waals surface area contributed by atoms with Crippen molar-refractivity contribution in [3.8, 4) is 0 Å². The molecule has 0 saturated carbocycles. The van der Waals surface area contributed by atoms with Crippen LogP contribution in [0.4, 0.5) is 11.4 Å². The minimum atomic E-state index is -0.638. The molecule has 0 unspecified atom stereocenters. The van der Waals surface area contributed by atoms with Gasteiger partial charge in [0.15, 0.2) is 0 Å². The number of hydrogen-bond acceptors (Lipinski definition) is 2. The number of benzene rings is 1. The molecule has 0 spiro atoms. The van der Waals surface area contributed by atoms with Gasteiger partial charge in [-0.1, -0.05) is 6.07 Å². The van der Waals surface area contributed by atoms with Crippen LogP contribution in [0, 0.1) is 12.3 Å². The smallest absolute Gasteiger partial charge is 0.231 e. The average Bonchev–Trinajstić information content (AvgIpc) is 2.32. The quantitative estimate of drug-likeness (QED) is 0.834. The number of amides is 2. The molecule has 0 heterocycles. The van der Waals surface area contributed by atoms with E-state index in [0.717, 1.165) is 5.56 Å². The number of anilines is 2. The van der Waals surface area contributed by atoms with Crippen molar-refractivity contribution < 1.29 is 9.59 Å². The van der Waals surface area contributed by atoms with Crippen LogP contribution < -0.4 is 10.6 Å². The third-order valence-electron chi connectivity index (χ3n) is 2.75. The number of alkyl halides is 1. The summed E-state index contributed by atoms with van der Waals surface area (Å²) in [7, 11) is 0. The van der Waals surface area contributed by atoms with E-state index < -0.39 is 5.41 Å². The predicted molar refractivity (Wildman–Crippen MR) is 78.6 cm³/mol. The number of rotatable bonds is 4. The van der Waals surface area contributed by atoms with Crippen LogP contribution >= 0.6 is 11.6 Å². The first-order valence-electron chi connectivity index (χ1n) is 6.02. The van der Waals surface area contributed by atoms with Crippen molar-refractivity contribution in [2.75, 3.05) is 16.5 Å². The van der Waals surface area contributed by atoms with Crippen molar-refractivity contribution in [1.29, 1.82) is 0 Å². The molecule has 1 aromatic rings. The fourth-order valence-electron chi connectivity index (χ4n) is 1.39. The van der Waals surface area contributed by atoms with Gasteiger partial charge in [-0.2, -0.15) is 0 Å². The largest absolute Gasteiger partial charge is 0.326 e. The number of hydrogen-bond donors (Lipinski definition) is 2. The highest BCUT2D eigenvalue weighted by molar-refractivity contribution is 6.20. The van der Waals surface area contributed by atoms with E-state index >= 15 is 0 Å².